The van der Waals surface area contributed by atoms with Crippen LogP contribution in [0, 0.1) is 0 Å². The minimum Gasteiger partial charge on any atom is -0.374 e. The fourth-order valence-electron chi connectivity index (χ4n) is 1.95. The molecule has 1 unspecified atom stereocenters. The summed E-state index contributed by atoms with van der Waals surface area (Å²) in [5.41, 5.74) is 6.83. The minimum absolute atomic E-state index is 0.295. The van der Waals surface area contributed by atoms with Crippen molar-refractivity contribution < 1.29 is 4.74 Å². The van der Waals surface area contributed by atoms with Crippen molar-refractivity contribution in [2.45, 2.75) is 12.5 Å². The number of benzene rings is 1. The largest absolute Gasteiger partial charge is 0.374 e. The second kappa shape index (κ2) is 5.14. The average Bonchev–Trinajstić information content (AvgIpc) is 2.31. The Balaban J connectivity index is 1.98. The van der Waals surface area contributed by atoms with Crippen LogP contribution in [0.25, 0.3) is 0 Å². The Morgan fingerprint density at radius 1 is 1.33 bits per heavy atom. The number of ether oxygens (including phenoxy) is 1. The normalized spacial score (nSPS) is 21.7. The molecule has 1 heterocycles. The van der Waals surface area contributed by atoms with Gasteiger partial charge in [0.1, 0.15) is 0 Å². The maximum absolute atomic E-state index is 5.65. The fourth-order valence-corrected chi connectivity index (χ4v) is 1.95. The summed E-state index contributed by atoms with van der Waals surface area (Å²) in [5, 5.41) is 0. The van der Waals surface area contributed by atoms with Crippen LogP contribution in [-0.4, -0.2) is 32.3 Å². The molecule has 0 radical (unpaired) electrons. The van der Waals surface area contributed by atoms with Crippen LogP contribution in [0.15, 0.2) is 30.3 Å². The molecule has 82 valence electrons. The maximum atomic E-state index is 5.65. The summed E-state index contributed by atoms with van der Waals surface area (Å²) in [6.07, 6.45) is 1.24. The van der Waals surface area contributed by atoms with E-state index in [0.29, 0.717) is 12.6 Å². The summed E-state index contributed by atoms with van der Waals surface area (Å²) < 4.78 is 5.65. The van der Waals surface area contributed by atoms with Crippen molar-refractivity contribution in [3.05, 3.63) is 30.3 Å². The molecule has 0 saturated carbocycles. The maximum Gasteiger partial charge on any atom is 0.0762 e. The molecule has 1 aliphatic heterocycles. The SMILES string of the molecule is NCCC1CN(c2ccccc2)CCO1. The predicted molar refractivity (Wildman–Crippen MR) is 62.1 cm³/mol. The van der Waals surface area contributed by atoms with Gasteiger partial charge in [-0.05, 0) is 25.1 Å². The Kier molecular flexibility index (Phi) is 3.59. The van der Waals surface area contributed by atoms with Crippen molar-refractivity contribution in [2.24, 2.45) is 5.73 Å². The molecule has 1 saturated heterocycles. The Morgan fingerprint density at radius 2 is 2.13 bits per heavy atom. The molecule has 3 nitrogen and oxygen atoms in total. The number of hydrogen-bond acceptors (Lipinski definition) is 3. The monoisotopic (exact) mass is 206 g/mol. The van der Waals surface area contributed by atoms with Gasteiger partial charge in [-0.2, -0.15) is 0 Å². The van der Waals surface area contributed by atoms with E-state index >= 15 is 0 Å². The van der Waals surface area contributed by atoms with Crippen molar-refractivity contribution in [1.29, 1.82) is 0 Å². The molecule has 1 atom stereocenters. The van der Waals surface area contributed by atoms with E-state index in [2.05, 4.69) is 29.2 Å². The summed E-state index contributed by atoms with van der Waals surface area (Å²) in [5.74, 6) is 0. The first-order valence-electron chi connectivity index (χ1n) is 5.52. The molecule has 0 aliphatic carbocycles. The topological polar surface area (TPSA) is 38.5 Å². The molecule has 1 aromatic rings. The third kappa shape index (κ3) is 2.70. The van der Waals surface area contributed by atoms with Gasteiger partial charge < -0.3 is 15.4 Å². The van der Waals surface area contributed by atoms with E-state index in [-0.39, 0.29) is 0 Å². The van der Waals surface area contributed by atoms with Gasteiger partial charge >= 0.3 is 0 Å². The van der Waals surface area contributed by atoms with Crippen LogP contribution in [-0.2, 0) is 4.74 Å². The molecule has 15 heavy (non-hydrogen) atoms. The quantitative estimate of drug-likeness (QED) is 0.808. The van der Waals surface area contributed by atoms with Crippen LogP contribution in [0.3, 0.4) is 0 Å². The van der Waals surface area contributed by atoms with E-state index in [1.54, 1.807) is 0 Å². The predicted octanol–water partition coefficient (Wildman–Crippen LogP) is 1.24. The first kappa shape index (κ1) is 10.5. The first-order chi connectivity index (χ1) is 7.40. The Hall–Kier alpha value is -1.06. The summed E-state index contributed by atoms with van der Waals surface area (Å²) in [6.45, 7) is 3.44. The highest BCUT2D eigenvalue weighted by Gasteiger charge is 2.19. The fraction of sp³-hybridized carbons (Fsp3) is 0.500. The molecule has 1 aliphatic rings. The molecular formula is C12H18N2O. The molecule has 0 amide bonds. The number of rotatable bonds is 3. The lowest BCUT2D eigenvalue weighted by atomic mass is 10.2. The van der Waals surface area contributed by atoms with Crippen molar-refractivity contribution in [3.63, 3.8) is 0 Å². The molecule has 2 N–H and O–H groups in total. The third-order valence-electron chi connectivity index (χ3n) is 2.75. The highest BCUT2D eigenvalue weighted by molar-refractivity contribution is 5.46. The summed E-state index contributed by atoms with van der Waals surface area (Å²) >= 11 is 0. The van der Waals surface area contributed by atoms with E-state index in [9.17, 15) is 0 Å². The van der Waals surface area contributed by atoms with Crippen LogP contribution >= 0.6 is 0 Å². The molecule has 0 aromatic heterocycles. The lowest BCUT2D eigenvalue weighted by Crippen LogP contribution is -2.43. The standard InChI is InChI=1S/C12H18N2O/c13-7-6-12-10-14(8-9-15-12)11-4-2-1-3-5-11/h1-5,12H,6-10,13H2. The number of morpholine rings is 1. The molecular weight excluding hydrogens is 188 g/mol. The minimum atomic E-state index is 0.295. The third-order valence-corrected chi connectivity index (χ3v) is 2.75. The van der Waals surface area contributed by atoms with Gasteiger partial charge in [-0.1, -0.05) is 18.2 Å². The van der Waals surface area contributed by atoms with Crippen LogP contribution < -0.4 is 10.6 Å². The van der Waals surface area contributed by atoms with Gasteiger partial charge in [0, 0.05) is 18.8 Å². The Bertz CT molecular complexity index is 287. The van der Waals surface area contributed by atoms with Crippen LogP contribution in [0.1, 0.15) is 6.42 Å². The zero-order chi connectivity index (χ0) is 10.5. The lowest BCUT2D eigenvalue weighted by Gasteiger charge is -2.34. The lowest BCUT2D eigenvalue weighted by molar-refractivity contribution is 0.0369. The highest BCUT2D eigenvalue weighted by Crippen LogP contribution is 2.17. The van der Waals surface area contributed by atoms with Crippen LogP contribution in [0.2, 0.25) is 0 Å². The molecule has 0 spiro atoms. The summed E-state index contributed by atoms with van der Waals surface area (Å²) in [4.78, 5) is 2.36. The van der Waals surface area contributed by atoms with Crippen LogP contribution in [0.4, 0.5) is 5.69 Å². The van der Waals surface area contributed by atoms with E-state index < -0.39 is 0 Å². The molecule has 3 heteroatoms. The smallest absolute Gasteiger partial charge is 0.0762 e. The van der Waals surface area contributed by atoms with E-state index in [0.717, 1.165) is 26.1 Å². The molecule has 2 rings (SSSR count). The Morgan fingerprint density at radius 3 is 2.87 bits per heavy atom. The van der Waals surface area contributed by atoms with Gasteiger partial charge in [0.25, 0.3) is 0 Å². The number of nitrogens with two attached hydrogens (primary N) is 1. The van der Waals surface area contributed by atoms with Crippen molar-refractivity contribution in [3.8, 4) is 0 Å². The zero-order valence-corrected chi connectivity index (χ0v) is 8.93. The summed E-state index contributed by atoms with van der Waals surface area (Å²) in [6, 6.07) is 10.5. The van der Waals surface area contributed by atoms with Gasteiger partial charge in [-0.25, -0.2) is 0 Å². The number of nitrogens with zero attached hydrogens (tertiary/aromatic N) is 1. The second-order valence-corrected chi connectivity index (χ2v) is 3.85. The number of para-hydroxylation sites is 1. The van der Waals surface area contributed by atoms with Gasteiger partial charge in [0.15, 0.2) is 0 Å². The Labute approximate surface area is 90.8 Å². The number of anilines is 1. The van der Waals surface area contributed by atoms with E-state index in [1.165, 1.54) is 5.69 Å². The highest BCUT2D eigenvalue weighted by atomic mass is 16.5. The van der Waals surface area contributed by atoms with Gasteiger partial charge in [-0.15, -0.1) is 0 Å². The summed E-state index contributed by atoms with van der Waals surface area (Å²) in [7, 11) is 0. The van der Waals surface area contributed by atoms with Crippen LogP contribution in [0.5, 0.6) is 0 Å². The van der Waals surface area contributed by atoms with Gasteiger partial charge in [0.05, 0.1) is 12.7 Å². The first-order valence-corrected chi connectivity index (χ1v) is 5.52. The molecule has 1 aromatic carbocycles. The van der Waals surface area contributed by atoms with Crippen molar-refractivity contribution >= 4 is 5.69 Å². The van der Waals surface area contributed by atoms with Crippen molar-refractivity contribution in [1.82, 2.24) is 0 Å². The molecule has 0 bridgehead atoms. The number of hydrogen-bond donors (Lipinski definition) is 1. The van der Waals surface area contributed by atoms with Gasteiger partial charge in [0.2, 0.25) is 0 Å². The second-order valence-electron chi connectivity index (χ2n) is 3.85. The van der Waals surface area contributed by atoms with E-state index in [1.807, 2.05) is 6.07 Å². The van der Waals surface area contributed by atoms with E-state index in [4.69, 9.17) is 10.5 Å². The zero-order valence-electron chi connectivity index (χ0n) is 8.93. The van der Waals surface area contributed by atoms with Gasteiger partial charge in [-0.3, -0.25) is 0 Å². The average molecular weight is 206 g/mol. The molecule has 1 fully saturated rings. The van der Waals surface area contributed by atoms with Crippen molar-refractivity contribution in [2.75, 3.05) is 31.1 Å².